The molecule has 0 aliphatic carbocycles. The van der Waals surface area contributed by atoms with E-state index in [1.54, 1.807) is 6.07 Å². The molecule has 0 radical (unpaired) electrons. The Hall–Kier alpha value is -4.99. The Balaban J connectivity index is 1.41. The summed E-state index contributed by atoms with van der Waals surface area (Å²) in [5.74, 6) is -12.3. The van der Waals surface area contributed by atoms with Crippen LogP contribution in [0, 0.1) is 40.7 Å². The van der Waals surface area contributed by atoms with Crippen LogP contribution in [0.4, 0.5) is 39.5 Å². The summed E-state index contributed by atoms with van der Waals surface area (Å²) in [5, 5.41) is 0. The van der Waals surface area contributed by atoms with Gasteiger partial charge in [-0.25, -0.2) is 30.7 Å². The first-order chi connectivity index (χ1) is 20.9. The molecule has 0 aliphatic heterocycles. The Kier molecular flexibility index (Phi) is 8.27. The van der Waals surface area contributed by atoms with Crippen LogP contribution < -0.4 is 4.74 Å². The Morgan fingerprint density at radius 2 is 1.00 bits per heavy atom. The fourth-order valence-corrected chi connectivity index (χ4v) is 4.62. The number of allylic oxidation sites excluding steroid dienone is 1. The van der Waals surface area contributed by atoms with E-state index in [1.807, 2.05) is 43.3 Å². The van der Waals surface area contributed by atoms with Crippen LogP contribution in [0.3, 0.4) is 0 Å². The highest BCUT2D eigenvalue weighted by Gasteiger charge is 2.41. The highest BCUT2D eigenvalue weighted by atomic mass is 19.3. The van der Waals surface area contributed by atoms with Gasteiger partial charge in [0.1, 0.15) is 34.6 Å². The minimum absolute atomic E-state index is 0.0444. The van der Waals surface area contributed by atoms with Crippen molar-refractivity contribution in [2.75, 3.05) is 0 Å². The average Bonchev–Trinajstić information content (AvgIpc) is 2.95. The Bertz CT molecular complexity index is 1850. The summed E-state index contributed by atoms with van der Waals surface area (Å²) in [6, 6.07) is 16.1. The van der Waals surface area contributed by atoms with Gasteiger partial charge in [-0.1, -0.05) is 60.7 Å². The molecule has 0 N–H and O–H groups in total. The molecule has 1 nitrogen and oxygen atoms in total. The van der Waals surface area contributed by atoms with Crippen LogP contribution in [0.2, 0.25) is 0 Å². The maximum atomic E-state index is 15.1. The molecule has 0 aliphatic rings. The zero-order chi connectivity index (χ0) is 31.8. The Morgan fingerprint density at radius 1 is 0.523 bits per heavy atom. The van der Waals surface area contributed by atoms with E-state index in [0.717, 1.165) is 23.3 Å². The van der Waals surface area contributed by atoms with Gasteiger partial charge in [-0.05, 0) is 59.0 Å². The number of rotatable bonds is 7. The normalized spacial score (nSPS) is 11.8. The highest BCUT2D eigenvalue weighted by molar-refractivity contribution is 5.74. The first-order valence-corrected chi connectivity index (χ1v) is 12.9. The van der Waals surface area contributed by atoms with Crippen LogP contribution in [0.15, 0.2) is 91.0 Å². The minimum Gasteiger partial charge on any atom is -0.429 e. The molecule has 5 aromatic rings. The van der Waals surface area contributed by atoms with E-state index in [-0.39, 0.29) is 28.8 Å². The molecule has 0 spiro atoms. The van der Waals surface area contributed by atoms with E-state index in [9.17, 15) is 30.7 Å². The number of ether oxygens (including phenoxy) is 1. The third-order valence-corrected chi connectivity index (χ3v) is 6.70. The lowest BCUT2D eigenvalue weighted by atomic mass is 9.96. The minimum atomic E-state index is -4.80. The molecule has 5 aromatic carbocycles. The molecule has 10 heteroatoms. The van der Waals surface area contributed by atoms with E-state index >= 15 is 8.78 Å². The first-order valence-electron chi connectivity index (χ1n) is 12.9. The van der Waals surface area contributed by atoms with Gasteiger partial charge >= 0.3 is 6.11 Å². The van der Waals surface area contributed by atoms with Crippen LogP contribution in [0.25, 0.3) is 39.5 Å². The lowest BCUT2D eigenvalue weighted by molar-refractivity contribution is -0.189. The number of benzene rings is 5. The topological polar surface area (TPSA) is 9.23 Å². The molecular weight excluding hydrogens is 595 g/mol. The second kappa shape index (κ2) is 11.9. The van der Waals surface area contributed by atoms with Crippen molar-refractivity contribution >= 4 is 6.08 Å². The summed E-state index contributed by atoms with van der Waals surface area (Å²) < 4.78 is 133. The van der Waals surface area contributed by atoms with Gasteiger partial charge in [-0.3, -0.25) is 0 Å². The highest BCUT2D eigenvalue weighted by Crippen LogP contribution is 2.39. The van der Waals surface area contributed by atoms with Gasteiger partial charge in [-0.15, -0.1) is 0 Å². The predicted molar refractivity (Wildman–Crippen MR) is 148 cm³/mol. The number of hydrogen-bond donors (Lipinski definition) is 0. The van der Waals surface area contributed by atoms with Gasteiger partial charge in [0.15, 0.2) is 17.5 Å². The van der Waals surface area contributed by atoms with Crippen LogP contribution in [-0.4, -0.2) is 0 Å². The smallest absolute Gasteiger partial charge is 0.429 e. The molecule has 0 aromatic heterocycles. The molecule has 0 heterocycles. The molecule has 44 heavy (non-hydrogen) atoms. The van der Waals surface area contributed by atoms with Crippen molar-refractivity contribution in [3.05, 3.63) is 143 Å². The summed E-state index contributed by atoms with van der Waals surface area (Å²) in [6.45, 7) is 1.88. The Morgan fingerprint density at radius 3 is 1.55 bits per heavy atom. The molecule has 0 amide bonds. The number of hydrogen-bond acceptors (Lipinski definition) is 1. The molecular formula is C34H19F9O. The molecule has 0 fully saturated rings. The number of alkyl halides is 2. The Labute approximate surface area is 245 Å². The molecule has 0 atom stereocenters. The summed E-state index contributed by atoms with van der Waals surface area (Å²) >= 11 is 0. The average molecular weight is 615 g/mol. The van der Waals surface area contributed by atoms with Gasteiger partial charge in [0.25, 0.3) is 0 Å². The van der Waals surface area contributed by atoms with Gasteiger partial charge in [-0.2, -0.15) is 8.78 Å². The molecule has 224 valence electrons. The second-order valence-corrected chi connectivity index (χ2v) is 9.65. The molecule has 0 bridgehead atoms. The van der Waals surface area contributed by atoms with Crippen molar-refractivity contribution in [2.24, 2.45) is 0 Å². The maximum Gasteiger partial charge on any atom is 0.432 e. The van der Waals surface area contributed by atoms with Crippen LogP contribution in [0.5, 0.6) is 5.75 Å². The lowest BCUT2D eigenvalue weighted by Crippen LogP contribution is -2.25. The SMILES string of the molecule is CC=Cc1ccc(-c2ccc(-c3ccc(-c4cc(F)c(C(F)(F)Oc5cc(F)c(F)c(F)c5)c(F)c4)c(F)c3)c(F)c2)cc1. The number of halogens is 9. The summed E-state index contributed by atoms with van der Waals surface area (Å²) in [5.41, 5.74) is -0.329. The summed E-state index contributed by atoms with van der Waals surface area (Å²) in [4.78, 5) is 0. The van der Waals surface area contributed by atoms with Crippen molar-refractivity contribution in [1.82, 2.24) is 0 Å². The quantitative estimate of drug-likeness (QED) is 0.131. The fourth-order valence-electron chi connectivity index (χ4n) is 4.62. The van der Waals surface area contributed by atoms with Gasteiger partial charge in [0.05, 0.1) is 0 Å². The van der Waals surface area contributed by atoms with Crippen molar-refractivity contribution < 1.29 is 44.3 Å². The molecule has 0 unspecified atom stereocenters. The maximum absolute atomic E-state index is 15.1. The zero-order valence-corrected chi connectivity index (χ0v) is 22.5. The van der Waals surface area contributed by atoms with Crippen LogP contribution in [-0.2, 0) is 6.11 Å². The van der Waals surface area contributed by atoms with E-state index in [2.05, 4.69) is 4.74 Å². The summed E-state index contributed by atoms with van der Waals surface area (Å²) in [6.07, 6.45) is -1.00. The molecule has 0 saturated heterocycles. The largest absolute Gasteiger partial charge is 0.432 e. The monoisotopic (exact) mass is 614 g/mol. The second-order valence-electron chi connectivity index (χ2n) is 9.65. The van der Waals surface area contributed by atoms with Crippen LogP contribution >= 0.6 is 0 Å². The lowest BCUT2D eigenvalue weighted by Gasteiger charge is -2.20. The van der Waals surface area contributed by atoms with E-state index in [1.165, 1.54) is 18.2 Å². The zero-order valence-electron chi connectivity index (χ0n) is 22.5. The van der Waals surface area contributed by atoms with Gasteiger partial charge < -0.3 is 4.74 Å². The van der Waals surface area contributed by atoms with Crippen molar-refractivity contribution in [3.8, 4) is 39.1 Å². The van der Waals surface area contributed by atoms with Gasteiger partial charge in [0.2, 0.25) is 0 Å². The standard InChI is InChI=1S/C34H19F9O/c1-2-3-18-4-6-19(7-5-18)20-8-10-24(26(35)12-20)21-9-11-25(27(36)13-21)22-14-28(37)32(29(38)15-22)34(42,43)44-23-16-30(39)33(41)31(40)17-23/h2-17H,1H3. The van der Waals surface area contributed by atoms with Crippen molar-refractivity contribution in [2.45, 2.75) is 13.0 Å². The molecule has 5 rings (SSSR count). The van der Waals surface area contributed by atoms with E-state index < -0.39 is 63.7 Å². The molecule has 0 saturated carbocycles. The van der Waals surface area contributed by atoms with E-state index in [4.69, 9.17) is 0 Å². The third-order valence-electron chi connectivity index (χ3n) is 6.70. The third kappa shape index (κ3) is 6.06. The van der Waals surface area contributed by atoms with Crippen molar-refractivity contribution in [3.63, 3.8) is 0 Å². The van der Waals surface area contributed by atoms with Gasteiger partial charge in [0, 0.05) is 23.3 Å². The van der Waals surface area contributed by atoms with Crippen LogP contribution in [0.1, 0.15) is 18.1 Å². The predicted octanol–water partition coefficient (Wildman–Crippen LogP) is 10.8. The first kappa shape index (κ1) is 30.5. The fraction of sp³-hybridized carbons (Fsp3) is 0.0588. The van der Waals surface area contributed by atoms with Crippen molar-refractivity contribution in [1.29, 1.82) is 0 Å². The summed E-state index contributed by atoms with van der Waals surface area (Å²) in [7, 11) is 0. The van der Waals surface area contributed by atoms with E-state index in [0.29, 0.717) is 17.7 Å².